The van der Waals surface area contributed by atoms with Crippen LogP contribution in [0.1, 0.15) is 18.9 Å². The normalized spacial score (nSPS) is 10.9. The molecule has 0 atom stereocenters. The number of nitrogens with zero attached hydrogens (tertiary/aromatic N) is 2. The van der Waals surface area contributed by atoms with E-state index in [-0.39, 0.29) is 6.61 Å². The molecule has 1 heterocycles. The summed E-state index contributed by atoms with van der Waals surface area (Å²) in [6.45, 7) is 4.93. The fraction of sp³-hybridized carbons (Fsp3) is 0.545. The maximum Gasteiger partial charge on any atom is 0.0558 e. The van der Waals surface area contributed by atoms with Gasteiger partial charge >= 0.3 is 0 Å². The average Bonchev–Trinajstić information content (AvgIpc) is 2.18. The van der Waals surface area contributed by atoms with E-state index in [0.29, 0.717) is 0 Å². The molecule has 0 fully saturated rings. The van der Waals surface area contributed by atoms with E-state index in [4.69, 9.17) is 5.11 Å². The first-order valence-corrected chi connectivity index (χ1v) is 5.98. The first-order chi connectivity index (χ1) is 7.26. The molecule has 0 aliphatic rings. The second-order valence-electron chi connectivity index (χ2n) is 3.51. The fourth-order valence-corrected chi connectivity index (χ4v) is 1.94. The molecule has 0 radical (unpaired) electrons. The van der Waals surface area contributed by atoms with E-state index >= 15 is 0 Å². The summed E-state index contributed by atoms with van der Waals surface area (Å²) < 4.78 is 1.00. The third-order valence-corrected chi connectivity index (χ3v) is 2.56. The number of pyridine rings is 1. The minimum atomic E-state index is 0.210. The Morgan fingerprint density at radius 1 is 1.40 bits per heavy atom. The first kappa shape index (κ1) is 12.6. The molecular formula is C11H17BrN2O. The lowest BCUT2D eigenvalue weighted by Gasteiger charge is -2.20. The van der Waals surface area contributed by atoms with Crippen molar-refractivity contribution < 1.29 is 5.11 Å². The summed E-state index contributed by atoms with van der Waals surface area (Å²) in [5.41, 5.74) is 1.17. The maximum absolute atomic E-state index is 8.93. The zero-order chi connectivity index (χ0) is 11.1. The van der Waals surface area contributed by atoms with E-state index in [0.717, 1.165) is 30.5 Å². The Bertz CT molecular complexity index is 288. The van der Waals surface area contributed by atoms with E-state index in [2.05, 4.69) is 38.8 Å². The van der Waals surface area contributed by atoms with Gasteiger partial charge in [-0.05, 0) is 40.5 Å². The molecule has 84 valence electrons. The largest absolute Gasteiger partial charge is 0.395 e. The van der Waals surface area contributed by atoms with Crippen molar-refractivity contribution in [3.8, 4) is 0 Å². The smallest absolute Gasteiger partial charge is 0.0558 e. The molecule has 0 amide bonds. The van der Waals surface area contributed by atoms with Crippen LogP contribution in [0, 0.1) is 0 Å². The minimum absolute atomic E-state index is 0.210. The van der Waals surface area contributed by atoms with Crippen molar-refractivity contribution in [3.63, 3.8) is 0 Å². The van der Waals surface area contributed by atoms with E-state index < -0.39 is 0 Å². The third kappa shape index (κ3) is 4.73. The Balaban J connectivity index is 2.56. The predicted molar refractivity (Wildman–Crippen MR) is 64.6 cm³/mol. The summed E-state index contributed by atoms with van der Waals surface area (Å²) in [4.78, 5) is 6.35. The third-order valence-electron chi connectivity index (χ3n) is 2.12. The number of hydrogen-bond acceptors (Lipinski definition) is 3. The summed E-state index contributed by atoms with van der Waals surface area (Å²) in [5.74, 6) is 0. The Morgan fingerprint density at radius 2 is 2.20 bits per heavy atom. The van der Waals surface area contributed by atoms with E-state index in [9.17, 15) is 0 Å². The van der Waals surface area contributed by atoms with E-state index in [1.165, 1.54) is 5.56 Å². The lowest BCUT2D eigenvalue weighted by atomic mass is 10.2. The van der Waals surface area contributed by atoms with Gasteiger partial charge < -0.3 is 5.11 Å². The topological polar surface area (TPSA) is 36.4 Å². The Labute approximate surface area is 99.3 Å². The number of aromatic nitrogens is 1. The molecule has 0 aliphatic heterocycles. The highest BCUT2D eigenvalue weighted by Crippen LogP contribution is 2.11. The van der Waals surface area contributed by atoms with Gasteiger partial charge in [-0.2, -0.15) is 0 Å². The van der Waals surface area contributed by atoms with Crippen LogP contribution >= 0.6 is 15.9 Å². The quantitative estimate of drug-likeness (QED) is 0.861. The van der Waals surface area contributed by atoms with Crippen LogP contribution in [0.3, 0.4) is 0 Å². The summed E-state index contributed by atoms with van der Waals surface area (Å²) >= 11 is 3.40. The summed E-state index contributed by atoms with van der Waals surface area (Å²) in [7, 11) is 0. The van der Waals surface area contributed by atoms with Crippen molar-refractivity contribution in [2.75, 3.05) is 19.7 Å². The summed E-state index contributed by atoms with van der Waals surface area (Å²) in [6.07, 6.45) is 4.74. The molecule has 0 aliphatic carbocycles. The van der Waals surface area contributed by atoms with E-state index in [1.807, 2.05) is 6.20 Å². The maximum atomic E-state index is 8.93. The monoisotopic (exact) mass is 272 g/mol. The van der Waals surface area contributed by atoms with Crippen molar-refractivity contribution in [1.82, 2.24) is 9.88 Å². The molecule has 0 aromatic carbocycles. The summed E-state index contributed by atoms with van der Waals surface area (Å²) in [6, 6.07) is 2.06. The van der Waals surface area contributed by atoms with Crippen LogP contribution in [0.15, 0.2) is 22.9 Å². The highest BCUT2D eigenvalue weighted by atomic mass is 79.9. The van der Waals surface area contributed by atoms with Gasteiger partial charge in [0.05, 0.1) is 6.61 Å². The minimum Gasteiger partial charge on any atom is -0.395 e. The van der Waals surface area contributed by atoms with Crippen molar-refractivity contribution in [2.45, 2.75) is 19.9 Å². The van der Waals surface area contributed by atoms with Gasteiger partial charge in [0.1, 0.15) is 0 Å². The van der Waals surface area contributed by atoms with Crippen molar-refractivity contribution in [3.05, 3.63) is 28.5 Å². The van der Waals surface area contributed by atoms with Gasteiger partial charge in [0.2, 0.25) is 0 Å². The Morgan fingerprint density at radius 3 is 2.80 bits per heavy atom. The van der Waals surface area contributed by atoms with E-state index in [1.54, 1.807) is 6.20 Å². The van der Waals surface area contributed by atoms with Crippen LogP contribution in [0.25, 0.3) is 0 Å². The van der Waals surface area contributed by atoms with Crippen LogP contribution in [0.5, 0.6) is 0 Å². The standard InChI is InChI=1S/C11H17BrN2O/c1-2-3-14(4-5-15)9-10-6-11(12)8-13-7-10/h6-8,15H,2-5,9H2,1H3. The molecule has 3 nitrogen and oxygen atoms in total. The molecule has 0 bridgehead atoms. The van der Waals surface area contributed by atoms with Gasteiger partial charge in [0.15, 0.2) is 0 Å². The molecule has 1 aromatic heterocycles. The van der Waals surface area contributed by atoms with Crippen LogP contribution < -0.4 is 0 Å². The molecule has 0 spiro atoms. The first-order valence-electron chi connectivity index (χ1n) is 5.19. The summed E-state index contributed by atoms with van der Waals surface area (Å²) in [5, 5.41) is 8.93. The number of rotatable bonds is 6. The zero-order valence-corrected chi connectivity index (χ0v) is 10.6. The second-order valence-corrected chi connectivity index (χ2v) is 4.43. The SMILES string of the molecule is CCCN(CCO)Cc1cncc(Br)c1. The highest BCUT2D eigenvalue weighted by Gasteiger charge is 2.04. The molecule has 0 saturated carbocycles. The molecular weight excluding hydrogens is 256 g/mol. The molecule has 0 unspecified atom stereocenters. The lowest BCUT2D eigenvalue weighted by Crippen LogP contribution is -2.27. The van der Waals surface area contributed by atoms with Gasteiger partial charge in [0, 0.05) is 30.0 Å². The lowest BCUT2D eigenvalue weighted by molar-refractivity contribution is 0.190. The van der Waals surface area contributed by atoms with Gasteiger partial charge in [0.25, 0.3) is 0 Å². The van der Waals surface area contributed by atoms with Crippen LogP contribution in [-0.2, 0) is 6.54 Å². The number of halogens is 1. The van der Waals surface area contributed by atoms with Gasteiger partial charge in [-0.1, -0.05) is 6.92 Å². The van der Waals surface area contributed by atoms with Crippen molar-refractivity contribution in [1.29, 1.82) is 0 Å². The van der Waals surface area contributed by atoms with Crippen LogP contribution in [0.4, 0.5) is 0 Å². The number of aliphatic hydroxyl groups excluding tert-OH is 1. The number of aliphatic hydroxyl groups is 1. The molecule has 15 heavy (non-hydrogen) atoms. The van der Waals surface area contributed by atoms with Gasteiger partial charge in [-0.15, -0.1) is 0 Å². The number of hydrogen-bond donors (Lipinski definition) is 1. The second kappa shape index (κ2) is 6.93. The van der Waals surface area contributed by atoms with Crippen molar-refractivity contribution >= 4 is 15.9 Å². The van der Waals surface area contributed by atoms with Gasteiger partial charge in [-0.25, -0.2) is 0 Å². The molecule has 1 aromatic rings. The molecule has 0 saturated heterocycles. The zero-order valence-electron chi connectivity index (χ0n) is 8.99. The predicted octanol–water partition coefficient (Wildman–Crippen LogP) is 2.05. The fourth-order valence-electron chi connectivity index (χ4n) is 1.53. The van der Waals surface area contributed by atoms with Crippen molar-refractivity contribution in [2.24, 2.45) is 0 Å². The Kier molecular flexibility index (Phi) is 5.83. The molecule has 1 N–H and O–H groups in total. The van der Waals surface area contributed by atoms with Crippen LogP contribution in [-0.4, -0.2) is 34.7 Å². The molecule has 1 rings (SSSR count). The van der Waals surface area contributed by atoms with Gasteiger partial charge in [-0.3, -0.25) is 9.88 Å². The van der Waals surface area contributed by atoms with Crippen LogP contribution in [0.2, 0.25) is 0 Å². The average molecular weight is 273 g/mol. The molecule has 4 heteroatoms. The highest BCUT2D eigenvalue weighted by molar-refractivity contribution is 9.10. The Hall–Kier alpha value is -0.450.